The lowest BCUT2D eigenvalue weighted by atomic mass is 9.46. The van der Waals surface area contributed by atoms with Gasteiger partial charge in [-0.2, -0.15) is 0 Å². The van der Waals surface area contributed by atoms with Crippen molar-refractivity contribution >= 4 is 5.97 Å². The molecule has 3 fully saturated rings. The Balaban J connectivity index is 1.53. The van der Waals surface area contributed by atoms with Crippen LogP contribution in [0.4, 0.5) is 0 Å². The lowest BCUT2D eigenvalue weighted by molar-refractivity contribution is -0.141. The predicted molar refractivity (Wildman–Crippen MR) is 112 cm³/mol. The Morgan fingerprint density at radius 3 is 2.75 bits per heavy atom. The lowest BCUT2D eigenvalue weighted by Crippen LogP contribution is -2.52. The molecule has 9 atom stereocenters. The van der Waals surface area contributed by atoms with Crippen LogP contribution in [0.2, 0.25) is 0 Å². The summed E-state index contributed by atoms with van der Waals surface area (Å²) >= 11 is 0. The highest BCUT2D eigenvalue weighted by Crippen LogP contribution is 2.66. The van der Waals surface area contributed by atoms with Crippen LogP contribution in [0.5, 0.6) is 0 Å². The first-order valence-corrected chi connectivity index (χ1v) is 11.7. The molecule has 4 aliphatic rings. The van der Waals surface area contributed by atoms with Gasteiger partial charge in [0.2, 0.25) is 0 Å². The van der Waals surface area contributed by atoms with Crippen LogP contribution in [0.1, 0.15) is 78.6 Å². The minimum absolute atomic E-state index is 0.0704. The van der Waals surface area contributed by atoms with E-state index < -0.39 is 0 Å². The normalized spacial score (nSPS) is 48.3. The Hall–Kier alpha value is -0.830. The van der Waals surface area contributed by atoms with E-state index in [1.54, 1.807) is 0 Å². The predicted octanol–water partition coefficient (Wildman–Crippen LogP) is 5.37. The van der Waals surface area contributed by atoms with Crippen molar-refractivity contribution in [2.45, 2.75) is 84.7 Å². The van der Waals surface area contributed by atoms with Gasteiger partial charge in [0.1, 0.15) is 0 Å². The minimum Gasteiger partial charge on any atom is -0.469 e. The largest absolute Gasteiger partial charge is 0.469 e. The number of aliphatic hydroxyl groups excluding tert-OH is 1. The molecule has 158 valence electrons. The van der Waals surface area contributed by atoms with E-state index in [4.69, 9.17) is 4.74 Å². The molecule has 0 saturated heterocycles. The van der Waals surface area contributed by atoms with Crippen molar-refractivity contribution in [2.24, 2.45) is 46.3 Å². The average Bonchev–Trinajstić information content (AvgIpc) is 3.03. The van der Waals surface area contributed by atoms with Gasteiger partial charge >= 0.3 is 5.97 Å². The molecular weight excluding hydrogens is 348 g/mol. The summed E-state index contributed by atoms with van der Waals surface area (Å²) in [6, 6.07) is 0. The van der Waals surface area contributed by atoms with Crippen LogP contribution in [0.3, 0.4) is 0 Å². The molecule has 3 nitrogen and oxygen atoms in total. The third kappa shape index (κ3) is 3.16. The second kappa shape index (κ2) is 7.45. The number of fused-ring (bicyclic) bond motifs is 5. The number of esters is 1. The van der Waals surface area contributed by atoms with Crippen molar-refractivity contribution in [3.63, 3.8) is 0 Å². The summed E-state index contributed by atoms with van der Waals surface area (Å²) in [6.45, 7) is 7.39. The fourth-order valence-corrected chi connectivity index (χ4v) is 8.20. The van der Waals surface area contributed by atoms with Gasteiger partial charge in [0.05, 0.1) is 13.2 Å². The lowest BCUT2D eigenvalue weighted by Gasteiger charge is -2.58. The molecule has 4 rings (SSSR count). The van der Waals surface area contributed by atoms with Crippen molar-refractivity contribution in [3.05, 3.63) is 12.2 Å². The van der Waals surface area contributed by atoms with Crippen molar-refractivity contribution in [2.75, 3.05) is 7.11 Å². The molecule has 0 aromatic carbocycles. The molecule has 0 amide bonds. The highest BCUT2D eigenvalue weighted by Gasteiger charge is 2.58. The minimum atomic E-state index is -0.0727. The molecule has 0 aromatic heterocycles. The van der Waals surface area contributed by atoms with E-state index in [-0.39, 0.29) is 17.5 Å². The van der Waals surface area contributed by atoms with E-state index in [0.717, 1.165) is 31.1 Å². The monoisotopic (exact) mass is 388 g/mol. The van der Waals surface area contributed by atoms with Gasteiger partial charge < -0.3 is 9.84 Å². The van der Waals surface area contributed by atoms with Crippen LogP contribution >= 0.6 is 0 Å². The smallest absolute Gasteiger partial charge is 0.305 e. The van der Waals surface area contributed by atoms with Gasteiger partial charge in [-0.05, 0) is 97.7 Å². The van der Waals surface area contributed by atoms with Crippen LogP contribution in [-0.4, -0.2) is 24.3 Å². The van der Waals surface area contributed by atoms with Crippen LogP contribution in [0.25, 0.3) is 0 Å². The second-order valence-electron chi connectivity index (χ2n) is 11.0. The van der Waals surface area contributed by atoms with E-state index in [1.165, 1.54) is 39.2 Å². The fraction of sp³-hybridized carbons (Fsp3) is 0.880. The number of hydrogen-bond acceptors (Lipinski definition) is 3. The van der Waals surface area contributed by atoms with E-state index in [1.807, 2.05) is 0 Å². The zero-order valence-corrected chi connectivity index (χ0v) is 18.3. The Kier molecular flexibility index (Phi) is 5.44. The number of methoxy groups -OCH3 is 1. The maximum Gasteiger partial charge on any atom is 0.305 e. The van der Waals surface area contributed by atoms with Gasteiger partial charge in [0.25, 0.3) is 0 Å². The molecule has 4 aliphatic carbocycles. The molecule has 0 aliphatic heterocycles. The van der Waals surface area contributed by atoms with Gasteiger partial charge in [0, 0.05) is 6.42 Å². The highest BCUT2D eigenvalue weighted by atomic mass is 16.5. The molecule has 3 saturated carbocycles. The van der Waals surface area contributed by atoms with Gasteiger partial charge in [-0.25, -0.2) is 0 Å². The molecule has 0 heterocycles. The zero-order chi connectivity index (χ0) is 20.1. The summed E-state index contributed by atoms with van der Waals surface area (Å²) < 4.78 is 4.86. The van der Waals surface area contributed by atoms with E-state index in [9.17, 15) is 9.90 Å². The Morgan fingerprint density at radius 2 is 2.00 bits per heavy atom. The average molecular weight is 389 g/mol. The molecule has 3 heteroatoms. The molecule has 0 bridgehead atoms. The Morgan fingerprint density at radius 1 is 1.21 bits per heavy atom. The van der Waals surface area contributed by atoms with Crippen LogP contribution in [0, 0.1) is 46.3 Å². The topological polar surface area (TPSA) is 46.5 Å². The molecule has 1 N–H and O–H groups in total. The zero-order valence-electron chi connectivity index (χ0n) is 18.3. The maximum absolute atomic E-state index is 11.6. The number of ether oxygens (including phenoxy) is 1. The summed E-state index contributed by atoms with van der Waals surface area (Å²) in [6.07, 6.45) is 15.1. The summed E-state index contributed by atoms with van der Waals surface area (Å²) in [4.78, 5) is 11.6. The van der Waals surface area contributed by atoms with Crippen LogP contribution in [-0.2, 0) is 9.53 Å². The van der Waals surface area contributed by atoms with Gasteiger partial charge in [0.15, 0.2) is 0 Å². The Bertz CT molecular complexity index is 627. The number of carbonyl (C=O) groups is 1. The third-order valence-corrected chi connectivity index (χ3v) is 9.86. The standard InChI is InChI=1S/C25H40O3/c1-16(5-10-23(27)28-4)20-8-9-21-19-7-6-17-15-18(26)11-13-24(17,2)22(19)12-14-25(20,21)3/h12,14,16-22,26H,5-11,13,15H2,1-4H3/t16-,17+,18+,19-,20+,21-,22-,24+,25-/m1/s1. The van der Waals surface area contributed by atoms with Crippen molar-refractivity contribution in [3.8, 4) is 0 Å². The molecule has 0 spiro atoms. The number of hydrogen-bond donors (Lipinski definition) is 1. The molecule has 0 radical (unpaired) electrons. The van der Waals surface area contributed by atoms with Crippen LogP contribution < -0.4 is 0 Å². The van der Waals surface area contributed by atoms with Gasteiger partial charge in [-0.15, -0.1) is 0 Å². The van der Waals surface area contributed by atoms with E-state index in [2.05, 4.69) is 32.9 Å². The quantitative estimate of drug-likeness (QED) is 0.520. The fourth-order valence-electron chi connectivity index (χ4n) is 8.20. The molecule has 28 heavy (non-hydrogen) atoms. The first-order valence-electron chi connectivity index (χ1n) is 11.7. The Labute approximate surface area is 171 Å². The summed E-state index contributed by atoms with van der Waals surface area (Å²) in [7, 11) is 1.49. The van der Waals surface area contributed by atoms with E-state index >= 15 is 0 Å². The number of carbonyl (C=O) groups excluding carboxylic acids is 1. The summed E-state index contributed by atoms with van der Waals surface area (Å²) in [5.74, 6) is 4.16. The SMILES string of the molecule is COC(=O)CC[C@@H](C)[C@@H]1CC[C@@H]2[C@H]3CC[C@H]4C[C@@H](O)CC[C@]4(C)[C@@H]3C=C[C@@]21C. The van der Waals surface area contributed by atoms with Gasteiger partial charge in [-0.3, -0.25) is 4.79 Å². The van der Waals surface area contributed by atoms with Crippen LogP contribution in [0.15, 0.2) is 12.2 Å². The highest BCUT2D eigenvalue weighted by molar-refractivity contribution is 5.69. The molecule has 0 aromatic rings. The summed E-state index contributed by atoms with van der Waals surface area (Å²) in [5.41, 5.74) is 0.669. The first-order chi connectivity index (χ1) is 13.3. The van der Waals surface area contributed by atoms with Crippen molar-refractivity contribution in [1.82, 2.24) is 0 Å². The molecular formula is C25H40O3. The number of rotatable bonds is 4. The van der Waals surface area contributed by atoms with Crippen molar-refractivity contribution in [1.29, 1.82) is 0 Å². The third-order valence-electron chi connectivity index (χ3n) is 9.86. The second-order valence-corrected chi connectivity index (χ2v) is 11.0. The van der Waals surface area contributed by atoms with Crippen molar-refractivity contribution < 1.29 is 14.6 Å². The van der Waals surface area contributed by atoms with Gasteiger partial charge in [-0.1, -0.05) is 32.9 Å². The summed E-state index contributed by atoms with van der Waals surface area (Å²) in [5, 5.41) is 10.2. The number of allylic oxidation sites excluding steroid dienone is 2. The maximum atomic E-state index is 11.6. The molecule has 0 unspecified atom stereocenters. The first kappa shape index (κ1) is 20.4. The van der Waals surface area contributed by atoms with E-state index in [0.29, 0.717) is 35.5 Å². The number of aliphatic hydroxyl groups is 1.